The first-order chi connectivity index (χ1) is 25.2. The summed E-state index contributed by atoms with van der Waals surface area (Å²) in [6.45, 7) is 15.4. The Hall–Kier alpha value is -0.280. The van der Waals surface area contributed by atoms with Crippen LogP contribution in [0.3, 0.4) is 0 Å². The second-order valence-electron chi connectivity index (χ2n) is 17.8. The molecular formula is C45H94N4O3. The molecule has 0 aromatic heterocycles. The van der Waals surface area contributed by atoms with Crippen molar-refractivity contribution in [3.63, 3.8) is 0 Å². The summed E-state index contributed by atoms with van der Waals surface area (Å²) in [5.74, 6) is 6.17. The summed E-state index contributed by atoms with van der Waals surface area (Å²) < 4.78 is 0. The Kier molecular flexibility index (Phi) is 29.5. The van der Waals surface area contributed by atoms with Gasteiger partial charge < -0.3 is 37.8 Å². The first-order valence-corrected chi connectivity index (χ1v) is 22.9. The Bertz CT molecular complexity index is 784. The summed E-state index contributed by atoms with van der Waals surface area (Å²) in [6, 6.07) is 0. The molecule has 0 bridgehead atoms. The molecule has 0 radical (unpaired) electrons. The molecule has 7 heteroatoms. The van der Waals surface area contributed by atoms with E-state index in [0.717, 1.165) is 54.8 Å². The molecule has 0 spiro atoms. The lowest BCUT2D eigenvalue weighted by atomic mass is 9.44. The van der Waals surface area contributed by atoms with Gasteiger partial charge in [0.1, 0.15) is 0 Å². The van der Waals surface area contributed by atoms with E-state index in [1.807, 2.05) is 0 Å². The van der Waals surface area contributed by atoms with E-state index in [0.29, 0.717) is 30.5 Å². The van der Waals surface area contributed by atoms with Gasteiger partial charge in [0.25, 0.3) is 0 Å². The number of aliphatic hydroxyl groups is 3. The number of nitrogens with two attached hydrogens (primary N) is 3. The van der Waals surface area contributed by atoms with Crippen LogP contribution in [-0.4, -0.2) is 67.9 Å². The van der Waals surface area contributed by atoms with Crippen LogP contribution in [0, 0.1) is 46.3 Å². The summed E-state index contributed by atoms with van der Waals surface area (Å²) in [5, 5.41) is 27.7. The normalized spacial score (nSPS) is 29.5. The van der Waals surface area contributed by atoms with Crippen LogP contribution < -0.4 is 22.5 Å². The van der Waals surface area contributed by atoms with Crippen molar-refractivity contribution in [1.29, 1.82) is 0 Å². The molecule has 7 unspecified atom stereocenters. The highest BCUT2D eigenvalue weighted by Crippen LogP contribution is 2.68. The van der Waals surface area contributed by atoms with Crippen molar-refractivity contribution in [2.75, 3.05) is 52.5 Å². The van der Waals surface area contributed by atoms with Gasteiger partial charge in [0.15, 0.2) is 0 Å². The van der Waals surface area contributed by atoms with E-state index in [2.05, 4.69) is 33.0 Å². The molecule has 4 aliphatic carbocycles. The molecule has 4 aliphatic rings. The molecule has 0 saturated heterocycles. The fourth-order valence-corrected chi connectivity index (χ4v) is 11.2. The van der Waals surface area contributed by atoms with Crippen LogP contribution in [-0.2, 0) is 0 Å². The lowest BCUT2D eigenvalue weighted by molar-refractivity contribution is -0.114. The Labute approximate surface area is 324 Å². The first-order valence-electron chi connectivity index (χ1n) is 22.9. The molecule has 312 valence electrons. The van der Waals surface area contributed by atoms with Crippen molar-refractivity contribution in [1.82, 2.24) is 5.32 Å². The molecule has 0 aromatic carbocycles. The third-order valence-corrected chi connectivity index (χ3v) is 14.2. The van der Waals surface area contributed by atoms with Gasteiger partial charge >= 0.3 is 0 Å². The standard InChI is InChI=1S/C36H67N.3C3H9NO/c1-5-6-7-8-9-10-11-12-13-16-27-37-28-17-18-29(2)32-22-23-33-31-21-20-30-19-14-15-25-35(30,3)34(31)24-26-36(32,33)4;3*4-2-1-3-5/h29-34,37H,5-28H2,1-4H3;3*5H,1-4H2/t29-,30?,31?,32?,33?,34?,35?,36?;;;/m1.../s1. The zero-order valence-electron chi connectivity index (χ0n) is 35.4. The van der Waals surface area contributed by atoms with E-state index in [1.165, 1.54) is 109 Å². The molecule has 4 saturated carbocycles. The largest absolute Gasteiger partial charge is 0.396 e. The van der Waals surface area contributed by atoms with Crippen molar-refractivity contribution in [3.05, 3.63) is 0 Å². The lowest BCUT2D eigenvalue weighted by Gasteiger charge is -2.61. The second-order valence-corrected chi connectivity index (χ2v) is 17.8. The molecule has 52 heavy (non-hydrogen) atoms. The van der Waals surface area contributed by atoms with Gasteiger partial charge in [-0.1, -0.05) is 98.3 Å². The molecule has 0 amide bonds. The number of hydrogen-bond acceptors (Lipinski definition) is 7. The predicted octanol–water partition coefficient (Wildman–Crippen LogP) is 8.94. The average Bonchev–Trinajstić information content (AvgIpc) is 3.50. The van der Waals surface area contributed by atoms with Crippen LogP contribution in [0.1, 0.15) is 188 Å². The fourth-order valence-electron chi connectivity index (χ4n) is 11.2. The third-order valence-electron chi connectivity index (χ3n) is 14.2. The van der Waals surface area contributed by atoms with Crippen LogP contribution in [0.5, 0.6) is 0 Å². The smallest absolute Gasteiger partial charge is 0.0443 e. The quantitative estimate of drug-likeness (QED) is 0.0548. The Morgan fingerprint density at radius 3 is 1.65 bits per heavy atom. The van der Waals surface area contributed by atoms with E-state index in [4.69, 9.17) is 32.5 Å². The van der Waals surface area contributed by atoms with Crippen LogP contribution in [0.2, 0.25) is 0 Å². The van der Waals surface area contributed by atoms with Gasteiger partial charge in [-0.3, -0.25) is 0 Å². The van der Waals surface area contributed by atoms with Crippen LogP contribution >= 0.6 is 0 Å². The fraction of sp³-hybridized carbons (Fsp3) is 1.00. The lowest BCUT2D eigenvalue weighted by Crippen LogP contribution is -2.53. The van der Waals surface area contributed by atoms with Crippen LogP contribution in [0.15, 0.2) is 0 Å². The van der Waals surface area contributed by atoms with E-state index in [9.17, 15) is 0 Å². The predicted molar refractivity (Wildman–Crippen MR) is 225 cm³/mol. The summed E-state index contributed by atoms with van der Waals surface area (Å²) in [5.41, 5.74) is 16.3. The number of nitrogens with one attached hydrogen (secondary N) is 1. The minimum Gasteiger partial charge on any atom is -0.396 e. The number of hydrogen-bond donors (Lipinski definition) is 7. The molecule has 0 heterocycles. The molecule has 0 aliphatic heterocycles. The van der Waals surface area contributed by atoms with Crippen LogP contribution in [0.25, 0.3) is 0 Å². The average molecular weight is 739 g/mol. The van der Waals surface area contributed by atoms with E-state index in [-0.39, 0.29) is 19.8 Å². The molecule has 0 aromatic rings. The first kappa shape index (κ1) is 49.7. The minimum atomic E-state index is 0.219. The zero-order chi connectivity index (χ0) is 38.5. The maximum atomic E-state index is 7.99. The van der Waals surface area contributed by atoms with Crippen molar-refractivity contribution >= 4 is 0 Å². The maximum absolute atomic E-state index is 7.99. The SMILES string of the molecule is CCCCCCCCCCCCNCCC[C@@H](C)C1CCC2C3CCC4CCCCC4(C)C3CCC21C.NCCCO.NCCCO.NCCCO. The van der Waals surface area contributed by atoms with E-state index >= 15 is 0 Å². The number of unbranched alkanes of at least 4 members (excludes halogenated alkanes) is 9. The summed E-state index contributed by atoms with van der Waals surface area (Å²) in [4.78, 5) is 0. The molecule has 4 rings (SSSR count). The second kappa shape index (κ2) is 30.9. The Morgan fingerprint density at radius 1 is 0.577 bits per heavy atom. The van der Waals surface area contributed by atoms with Crippen molar-refractivity contribution in [3.8, 4) is 0 Å². The van der Waals surface area contributed by atoms with Gasteiger partial charge in [-0.05, 0) is 169 Å². The minimum absolute atomic E-state index is 0.219. The number of aliphatic hydroxyl groups excluding tert-OH is 3. The summed E-state index contributed by atoms with van der Waals surface area (Å²) in [6.07, 6.45) is 34.9. The van der Waals surface area contributed by atoms with Crippen molar-refractivity contribution in [2.24, 2.45) is 63.5 Å². The molecule has 4 fully saturated rings. The number of fused-ring (bicyclic) bond motifs is 5. The molecule has 7 nitrogen and oxygen atoms in total. The highest BCUT2D eigenvalue weighted by atomic mass is 16.3. The van der Waals surface area contributed by atoms with Gasteiger partial charge in [0.05, 0.1) is 0 Å². The Balaban J connectivity index is 0.000000760. The van der Waals surface area contributed by atoms with Gasteiger partial charge in [0, 0.05) is 19.8 Å². The maximum Gasteiger partial charge on any atom is 0.0443 e. The molecule has 8 atom stereocenters. The third kappa shape index (κ3) is 17.7. The van der Waals surface area contributed by atoms with Gasteiger partial charge in [0.2, 0.25) is 0 Å². The molecule has 10 N–H and O–H groups in total. The molecular weight excluding hydrogens is 645 g/mol. The van der Waals surface area contributed by atoms with Crippen LogP contribution in [0.4, 0.5) is 0 Å². The highest BCUT2D eigenvalue weighted by molar-refractivity contribution is 5.09. The van der Waals surface area contributed by atoms with Gasteiger partial charge in [-0.2, -0.15) is 0 Å². The number of rotatable bonds is 22. The Morgan fingerprint density at radius 2 is 1.12 bits per heavy atom. The van der Waals surface area contributed by atoms with Gasteiger partial charge in [-0.25, -0.2) is 0 Å². The van der Waals surface area contributed by atoms with Crippen molar-refractivity contribution in [2.45, 2.75) is 188 Å². The van der Waals surface area contributed by atoms with Crippen molar-refractivity contribution < 1.29 is 15.3 Å². The van der Waals surface area contributed by atoms with E-state index in [1.54, 1.807) is 44.9 Å². The zero-order valence-corrected chi connectivity index (χ0v) is 35.4. The van der Waals surface area contributed by atoms with Gasteiger partial charge in [-0.15, -0.1) is 0 Å². The summed E-state index contributed by atoms with van der Waals surface area (Å²) in [7, 11) is 0. The topological polar surface area (TPSA) is 151 Å². The summed E-state index contributed by atoms with van der Waals surface area (Å²) >= 11 is 0. The monoisotopic (exact) mass is 739 g/mol. The highest BCUT2D eigenvalue weighted by Gasteiger charge is 2.60. The van der Waals surface area contributed by atoms with E-state index < -0.39 is 0 Å².